The highest BCUT2D eigenvalue weighted by molar-refractivity contribution is 5.68. The summed E-state index contributed by atoms with van der Waals surface area (Å²) in [4.78, 5) is 14.4. The molecular formula is C18H32N2O2. The van der Waals surface area contributed by atoms with Gasteiger partial charge in [0.2, 0.25) is 0 Å². The minimum atomic E-state index is -0.398. The fourth-order valence-electron chi connectivity index (χ4n) is 4.76. The fourth-order valence-corrected chi connectivity index (χ4v) is 4.76. The van der Waals surface area contributed by atoms with E-state index in [0.29, 0.717) is 11.8 Å². The third-order valence-electron chi connectivity index (χ3n) is 5.72. The Labute approximate surface area is 135 Å². The first kappa shape index (κ1) is 16.1. The van der Waals surface area contributed by atoms with E-state index in [-0.39, 0.29) is 6.09 Å². The van der Waals surface area contributed by atoms with Crippen molar-refractivity contribution in [2.45, 2.75) is 58.5 Å². The van der Waals surface area contributed by atoms with Crippen LogP contribution in [-0.4, -0.2) is 42.8 Å². The zero-order chi connectivity index (χ0) is 15.7. The standard InChI is InChI=1S/C18H32N2O2/c1-18(2,3)22-17(21)20-11-14-10-19-9-13-7-5-4-6-8-15(13)16(14)12-20/h13-16,19H,4-12H2,1-3H3. The molecule has 0 aromatic heterocycles. The Morgan fingerprint density at radius 3 is 2.50 bits per heavy atom. The third-order valence-corrected chi connectivity index (χ3v) is 5.72. The van der Waals surface area contributed by atoms with E-state index >= 15 is 0 Å². The number of amides is 1. The molecule has 1 saturated carbocycles. The van der Waals surface area contributed by atoms with Crippen LogP contribution in [0.25, 0.3) is 0 Å². The molecule has 4 nitrogen and oxygen atoms in total. The van der Waals surface area contributed by atoms with Crippen LogP contribution in [0.1, 0.15) is 52.9 Å². The minimum absolute atomic E-state index is 0.120. The van der Waals surface area contributed by atoms with E-state index < -0.39 is 5.60 Å². The van der Waals surface area contributed by atoms with E-state index in [0.717, 1.165) is 31.5 Å². The number of hydrogen-bond donors (Lipinski definition) is 1. The topological polar surface area (TPSA) is 41.6 Å². The average molecular weight is 308 g/mol. The maximum Gasteiger partial charge on any atom is 0.410 e. The third kappa shape index (κ3) is 3.58. The summed E-state index contributed by atoms with van der Waals surface area (Å²) in [5.41, 5.74) is -0.398. The lowest BCUT2D eigenvalue weighted by Gasteiger charge is -2.30. The summed E-state index contributed by atoms with van der Waals surface area (Å²) in [5, 5.41) is 3.67. The number of ether oxygens (including phenoxy) is 1. The Hall–Kier alpha value is -0.770. The first-order valence-corrected chi connectivity index (χ1v) is 9.13. The van der Waals surface area contributed by atoms with Crippen LogP contribution in [0.2, 0.25) is 0 Å². The van der Waals surface area contributed by atoms with Crippen molar-refractivity contribution >= 4 is 6.09 Å². The van der Waals surface area contributed by atoms with Crippen molar-refractivity contribution in [3.8, 4) is 0 Å². The molecule has 4 heteroatoms. The second-order valence-corrected chi connectivity index (χ2v) is 8.53. The van der Waals surface area contributed by atoms with Gasteiger partial charge in [-0.3, -0.25) is 0 Å². The molecule has 3 rings (SSSR count). The van der Waals surface area contributed by atoms with E-state index in [1.807, 2.05) is 25.7 Å². The van der Waals surface area contributed by atoms with Gasteiger partial charge in [0, 0.05) is 13.1 Å². The molecule has 4 unspecified atom stereocenters. The van der Waals surface area contributed by atoms with Crippen molar-refractivity contribution < 1.29 is 9.53 Å². The van der Waals surface area contributed by atoms with Crippen LogP contribution in [0.15, 0.2) is 0 Å². The number of nitrogens with one attached hydrogen (secondary N) is 1. The molecule has 1 amide bonds. The van der Waals surface area contributed by atoms with Crippen molar-refractivity contribution in [1.29, 1.82) is 0 Å². The van der Waals surface area contributed by atoms with Gasteiger partial charge >= 0.3 is 6.09 Å². The number of nitrogens with zero attached hydrogens (tertiary/aromatic N) is 1. The van der Waals surface area contributed by atoms with Crippen LogP contribution in [0.3, 0.4) is 0 Å². The molecule has 4 atom stereocenters. The predicted octanol–water partition coefficient (Wildman–Crippen LogP) is 3.27. The van der Waals surface area contributed by atoms with Crippen molar-refractivity contribution in [2.75, 3.05) is 26.2 Å². The van der Waals surface area contributed by atoms with Gasteiger partial charge in [0.15, 0.2) is 0 Å². The molecule has 0 bridgehead atoms. The first-order chi connectivity index (χ1) is 10.4. The van der Waals surface area contributed by atoms with Gasteiger partial charge in [0.1, 0.15) is 5.60 Å². The van der Waals surface area contributed by atoms with E-state index in [4.69, 9.17) is 4.74 Å². The van der Waals surface area contributed by atoms with E-state index in [1.165, 1.54) is 38.6 Å². The lowest BCUT2D eigenvalue weighted by Crippen LogP contribution is -2.37. The summed E-state index contributed by atoms with van der Waals surface area (Å²) < 4.78 is 5.59. The normalized spacial score (nSPS) is 36.0. The van der Waals surface area contributed by atoms with Crippen LogP contribution in [-0.2, 0) is 4.74 Å². The molecule has 0 aromatic rings. The lowest BCUT2D eigenvalue weighted by molar-refractivity contribution is 0.0276. The molecule has 3 aliphatic rings. The van der Waals surface area contributed by atoms with Gasteiger partial charge in [-0.2, -0.15) is 0 Å². The smallest absolute Gasteiger partial charge is 0.410 e. The van der Waals surface area contributed by atoms with Crippen LogP contribution in [0.5, 0.6) is 0 Å². The SMILES string of the molecule is CC(C)(C)OC(=O)N1CC2CNCC3CCCCCC3C2C1. The second-order valence-electron chi connectivity index (χ2n) is 8.53. The zero-order valence-electron chi connectivity index (χ0n) is 14.4. The summed E-state index contributed by atoms with van der Waals surface area (Å²) in [5.74, 6) is 2.90. The van der Waals surface area contributed by atoms with Gasteiger partial charge in [-0.15, -0.1) is 0 Å². The van der Waals surface area contributed by atoms with Crippen molar-refractivity contribution in [3.05, 3.63) is 0 Å². The average Bonchev–Trinajstić information content (AvgIpc) is 2.61. The number of likely N-dealkylation sites (tertiary alicyclic amines) is 1. The number of rotatable bonds is 0. The Morgan fingerprint density at radius 1 is 1.00 bits per heavy atom. The minimum Gasteiger partial charge on any atom is -0.444 e. The fraction of sp³-hybridized carbons (Fsp3) is 0.944. The van der Waals surface area contributed by atoms with E-state index in [2.05, 4.69) is 5.32 Å². The van der Waals surface area contributed by atoms with Gasteiger partial charge in [-0.25, -0.2) is 4.79 Å². The van der Waals surface area contributed by atoms with Crippen LogP contribution < -0.4 is 5.32 Å². The van der Waals surface area contributed by atoms with Gasteiger partial charge in [-0.1, -0.05) is 19.3 Å². The molecule has 126 valence electrons. The molecule has 1 N–H and O–H groups in total. The molecule has 1 aliphatic carbocycles. The molecule has 0 aromatic carbocycles. The van der Waals surface area contributed by atoms with Gasteiger partial charge in [-0.05, 0) is 70.4 Å². The van der Waals surface area contributed by atoms with Gasteiger partial charge in [0.25, 0.3) is 0 Å². The Balaban J connectivity index is 1.69. The largest absolute Gasteiger partial charge is 0.444 e. The number of hydrogen-bond acceptors (Lipinski definition) is 3. The van der Waals surface area contributed by atoms with Crippen LogP contribution >= 0.6 is 0 Å². The Kier molecular flexibility index (Phi) is 4.67. The van der Waals surface area contributed by atoms with Crippen molar-refractivity contribution in [2.24, 2.45) is 23.7 Å². The van der Waals surface area contributed by atoms with Crippen LogP contribution in [0.4, 0.5) is 4.79 Å². The molecule has 2 aliphatic heterocycles. The zero-order valence-corrected chi connectivity index (χ0v) is 14.4. The molecule has 22 heavy (non-hydrogen) atoms. The predicted molar refractivity (Wildman–Crippen MR) is 87.7 cm³/mol. The molecule has 2 heterocycles. The summed E-state index contributed by atoms with van der Waals surface area (Å²) in [6.45, 7) is 9.87. The Morgan fingerprint density at radius 2 is 1.73 bits per heavy atom. The summed E-state index contributed by atoms with van der Waals surface area (Å²) in [6.07, 6.45) is 6.75. The molecular weight excluding hydrogens is 276 g/mol. The summed E-state index contributed by atoms with van der Waals surface area (Å²) in [7, 11) is 0. The highest BCUT2D eigenvalue weighted by Gasteiger charge is 2.44. The molecule has 0 radical (unpaired) electrons. The molecule has 0 spiro atoms. The number of carbonyl (C=O) groups is 1. The maximum absolute atomic E-state index is 12.4. The quantitative estimate of drug-likeness (QED) is 0.747. The maximum atomic E-state index is 12.4. The molecule has 2 saturated heterocycles. The van der Waals surface area contributed by atoms with E-state index in [9.17, 15) is 4.79 Å². The monoisotopic (exact) mass is 308 g/mol. The highest BCUT2D eigenvalue weighted by Crippen LogP contribution is 2.42. The lowest BCUT2D eigenvalue weighted by atomic mass is 9.75. The highest BCUT2D eigenvalue weighted by atomic mass is 16.6. The second kappa shape index (κ2) is 6.38. The first-order valence-electron chi connectivity index (χ1n) is 9.13. The number of carbonyl (C=O) groups excluding carboxylic acids is 1. The Bertz CT molecular complexity index is 404. The molecule has 3 fully saturated rings. The summed E-state index contributed by atoms with van der Waals surface area (Å²) >= 11 is 0. The van der Waals surface area contributed by atoms with Crippen LogP contribution in [0, 0.1) is 23.7 Å². The van der Waals surface area contributed by atoms with Gasteiger partial charge < -0.3 is 15.0 Å². The van der Waals surface area contributed by atoms with Crippen molar-refractivity contribution in [3.63, 3.8) is 0 Å². The van der Waals surface area contributed by atoms with Crippen molar-refractivity contribution in [1.82, 2.24) is 10.2 Å². The number of fused-ring (bicyclic) bond motifs is 3. The van der Waals surface area contributed by atoms with Gasteiger partial charge in [0.05, 0.1) is 0 Å². The summed E-state index contributed by atoms with van der Waals surface area (Å²) in [6, 6.07) is 0. The van der Waals surface area contributed by atoms with E-state index in [1.54, 1.807) is 0 Å².